The summed E-state index contributed by atoms with van der Waals surface area (Å²) in [6.45, 7) is 0.606. The number of furan rings is 1. The van der Waals surface area contributed by atoms with E-state index in [-0.39, 0.29) is 5.76 Å². The number of methoxy groups -OCH3 is 1. The van der Waals surface area contributed by atoms with Crippen LogP contribution < -0.4 is 0 Å². The smallest absolute Gasteiger partial charge is 0.371 e. The Balaban J connectivity index is 2.07. The number of carbonyl (C=O) groups is 1. The van der Waals surface area contributed by atoms with Gasteiger partial charge >= 0.3 is 5.97 Å². The molecule has 20 heavy (non-hydrogen) atoms. The molecule has 1 aromatic heterocycles. The Kier molecular flexibility index (Phi) is 4.92. The van der Waals surface area contributed by atoms with Gasteiger partial charge in [-0.1, -0.05) is 6.07 Å². The fourth-order valence-electron chi connectivity index (χ4n) is 1.91. The summed E-state index contributed by atoms with van der Waals surface area (Å²) in [5.74, 6) is -0.130. The predicted octanol–water partition coefficient (Wildman–Crippen LogP) is 2.42. The minimum Gasteiger partial charge on any atom is -0.475 e. The lowest BCUT2D eigenvalue weighted by molar-refractivity contribution is 0.0665. The summed E-state index contributed by atoms with van der Waals surface area (Å²) in [4.78, 5) is 10.8. The standard InChI is InChI=1S/C14H16O5S/c1-18-5-2-6-20(17)9-10-3-4-12-11(7-10)8-13(19-12)14(15)16/h3-4,7-8H,2,5-6,9H2,1H3,(H,15,16). The molecule has 1 unspecified atom stereocenters. The Morgan fingerprint density at radius 1 is 1.40 bits per heavy atom. The highest BCUT2D eigenvalue weighted by molar-refractivity contribution is 7.84. The molecule has 1 atom stereocenters. The summed E-state index contributed by atoms with van der Waals surface area (Å²) < 4.78 is 22.0. The lowest BCUT2D eigenvalue weighted by Gasteiger charge is -2.02. The van der Waals surface area contributed by atoms with Crippen LogP contribution in [0.2, 0.25) is 0 Å². The van der Waals surface area contributed by atoms with Gasteiger partial charge in [0.15, 0.2) is 0 Å². The highest BCUT2D eigenvalue weighted by atomic mass is 32.2. The highest BCUT2D eigenvalue weighted by Gasteiger charge is 2.11. The Labute approximate surface area is 119 Å². The number of fused-ring (bicyclic) bond motifs is 1. The van der Waals surface area contributed by atoms with Gasteiger partial charge in [0.25, 0.3) is 0 Å². The van der Waals surface area contributed by atoms with E-state index in [1.165, 1.54) is 6.07 Å². The number of carboxylic acids is 1. The lowest BCUT2D eigenvalue weighted by Crippen LogP contribution is -2.03. The third-order valence-electron chi connectivity index (χ3n) is 2.84. The topological polar surface area (TPSA) is 76.7 Å². The van der Waals surface area contributed by atoms with Gasteiger partial charge in [0.2, 0.25) is 5.76 Å². The van der Waals surface area contributed by atoms with Crippen LogP contribution in [0.5, 0.6) is 0 Å². The fraction of sp³-hybridized carbons (Fsp3) is 0.357. The van der Waals surface area contributed by atoms with Crippen LogP contribution in [0.1, 0.15) is 22.5 Å². The van der Waals surface area contributed by atoms with Crippen LogP contribution in [0.25, 0.3) is 11.0 Å². The minimum absolute atomic E-state index is 0.0848. The quantitative estimate of drug-likeness (QED) is 0.794. The summed E-state index contributed by atoms with van der Waals surface area (Å²) in [7, 11) is 0.677. The molecule has 0 spiro atoms. The van der Waals surface area contributed by atoms with Crippen molar-refractivity contribution in [1.82, 2.24) is 0 Å². The first-order valence-electron chi connectivity index (χ1n) is 6.20. The number of hydrogen-bond acceptors (Lipinski definition) is 4. The molecule has 2 aromatic rings. The number of rotatable bonds is 7. The molecule has 1 N–H and O–H groups in total. The first-order valence-corrected chi connectivity index (χ1v) is 7.68. The summed E-state index contributed by atoms with van der Waals surface area (Å²) in [6.07, 6.45) is 0.764. The van der Waals surface area contributed by atoms with Crippen molar-refractivity contribution < 1.29 is 23.3 Å². The first-order chi connectivity index (χ1) is 9.60. The van der Waals surface area contributed by atoms with E-state index in [0.717, 1.165) is 12.0 Å². The molecule has 0 aliphatic heterocycles. The molecule has 6 heteroatoms. The van der Waals surface area contributed by atoms with Gasteiger partial charge in [-0.2, -0.15) is 0 Å². The van der Waals surface area contributed by atoms with Gasteiger partial charge in [-0.25, -0.2) is 4.79 Å². The normalized spacial score (nSPS) is 12.7. The van der Waals surface area contributed by atoms with Crippen LogP contribution in [0.4, 0.5) is 0 Å². The second kappa shape index (κ2) is 6.67. The molecule has 1 aromatic carbocycles. The average Bonchev–Trinajstić information content (AvgIpc) is 2.82. The maximum Gasteiger partial charge on any atom is 0.371 e. The van der Waals surface area contributed by atoms with Crippen LogP contribution in [0.3, 0.4) is 0 Å². The van der Waals surface area contributed by atoms with Crippen LogP contribution in [-0.2, 0) is 21.3 Å². The van der Waals surface area contributed by atoms with Crippen molar-refractivity contribution in [1.29, 1.82) is 0 Å². The molecular formula is C14H16O5S. The number of hydrogen-bond donors (Lipinski definition) is 1. The molecule has 0 saturated heterocycles. The van der Waals surface area contributed by atoms with E-state index in [1.54, 1.807) is 13.2 Å². The van der Waals surface area contributed by atoms with E-state index in [4.69, 9.17) is 14.3 Å². The van der Waals surface area contributed by atoms with Gasteiger partial charge in [0, 0.05) is 41.4 Å². The van der Waals surface area contributed by atoms with Crippen molar-refractivity contribution in [3.05, 3.63) is 35.6 Å². The number of benzene rings is 1. The van der Waals surface area contributed by atoms with Gasteiger partial charge in [-0.15, -0.1) is 0 Å². The molecule has 0 bridgehead atoms. The van der Waals surface area contributed by atoms with E-state index < -0.39 is 16.8 Å². The molecule has 0 aliphatic carbocycles. The van der Waals surface area contributed by atoms with Crippen LogP contribution in [0, 0.1) is 0 Å². The molecule has 0 amide bonds. The van der Waals surface area contributed by atoms with Gasteiger partial charge in [-0.3, -0.25) is 4.21 Å². The Bertz CT molecular complexity index is 632. The molecule has 0 fully saturated rings. The van der Waals surface area contributed by atoms with Crippen molar-refractivity contribution in [2.24, 2.45) is 0 Å². The maximum atomic E-state index is 11.9. The Morgan fingerprint density at radius 3 is 2.90 bits per heavy atom. The fourth-order valence-corrected chi connectivity index (χ4v) is 3.05. The van der Waals surface area contributed by atoms with Crippen molar-refractivity contribution in [2.75, 3.05) is 19.5 Å². The first kappa shape index (κ1) is 14.7. The Hall–Kier alpha value is -1.66. The molecule has 5 nitrogen and oxygen atoms in total. The summed E-state index contributed by atoms with van der Waals surface area (Å²) in [5, 5.41) is 9.58. The van der Waals surface area contributed by atoms with Gasteiger partial charge in [0.05, 0.1) is 0 Å². The molecule has 1 heterocycles. The second-order valence-electron chi connectivity index (χ2n) is 4.42. The molecule has 2 rings (SSSR count). The van der Waals surface area contributed by atoms with Gasteiger partial charge < -0.3 is 14.3 Å². The van der Waals surface area contributed by atoms with Crippen molar-refractivity contribution in [3.63, 3.8) is 0 Å². The van der Waals surface area contributed by atoms with E-state index in [1.807, 2.05) is 12.1 Å². The second-order valence-corrected chi connectivity index (χ2v) is 6.00. The largest absolute Gasteiger partial charge is 0.475 e. The molecule has 108 valence electrons. The zero-order valence-electron chi connectivity index (χ0n) is 11.1. The van der Waals surface area contributed by atoms with Crippen LogP contribution in [0.15, 0.2) is 28.7 Å². The SMILES string of the molecule is COCCCS(=O)Cc1ccc2oc(C(=O)O)cc2c1. The third kappa shape index (κ3) is 3.68. The van der Waals surface area contributed by atoms with Crippen LogP contribution in [-0.4, -0.2) is 34.8 Å². The molecular weight excluding hydrogens is 280 g/mol. The number of ether oxygens (including phenoxy) is 1. The minimum atomic E-state index is -1.09. The van der Waals surface area contributed by atoms with Gasteiger partial charge in [0.1, 0.15) is 5.58 Å². The van der Waals surface area contributed by atoms with E-state index in [2.05, 4.69) is 0 Å². The third-order valence-corrected chi connectivity index (χ3v) is 4.24. The zero-order valence-corrected chi connectivity index (χ0v) is 11.9. The average molecular weight is 296 g/mol. The summed E-state index contributed by atoms with van der Waals surface area (Å²) in [6, 6.07) is 6.82. The van der Waals surface area contributed by atoms with Crippen molar-refractivity contribution in [3.8, 4) is 0 Å². The zero-order chi connectivity index (χ0) is 14.5. The van der Waals surface area contributed by atoms with Crippen LogP contribution >= 0.6 is 0 Å². The molecule has 0 radical (unpaired) electrons. The maximum absolute atomic E-state index is 11.9. The lowest BCUT2D eigenvalue weighted by atomic mass is 10.2. The van der Waals surface area contributed by atoms with E-state index in [9.17, 15) is 9.00 Å². The molecule has 0 saturated carbocycles. The number of aromatic carboxylic acids is 1. The van der Waals surface area contributed by atoms with Gasteiger partial charge in [-0.05, 0) is 30.2 Å². The summed E-state index contributed by atoms with van der Waals surface area (Å²) >= 11 is 0. The highest BCUT2D eigenvalue weighted by Crippen LogP contribution is 2.21. The van der Waals surface area contributed by atoms with Crippen molar-refractivity contribution in [2.45, 2.75) is 12.2 Å². The van der Waals surface area contributed by atoms with E-state index in [0.29, 0.717) is 29.1 Å². The van der Waals surface area contributed by atoms with E-state index >= 15 is 0 Å². The Morgan fingerprint density at radius 2 is 2.20 bits per heavy atom. The summed E-state index contributed by atoms with van der Waals surface area (Å²) in [5.41, 5.74) is 1.43. The monoisotopic (exact) mass is 296 g/mol. The van der Waals surface area contributed by atoms with Crippen molar-refractivity contribution >= 4 is 27.7 Å². The molecule has 0 aliphatic rings. The predicted molar refractivity (Wildman–Crippen MR) is 76.4 cm³/mol. The number of carboxylic acid groups (broad SMARTS) is 1.